The van der Waals surface area contributed by atoms with Crippen LogP contribution in [0.2, 0.25) is 0 Å². The summed E-state index contributed by atoms with van der Waals surface area (Å²) >= 11 is 0. The molecule has 7 heteroatoms. The normalized spacial score (nSPS) is 13.6. The van der Waals surface area contributed by atoms with Gasteiger partial charge >= 0.3 is 12.4 Å². The molecule has 0 spiro atoms. The minimum atomic E-state index is -4.77. The summed E-state index contributed by atoms with van der Waals surface area (Å²) in [7, 11) is 0. The molecule has 0 aliphatic heterocycles. The van der Waals surface area contributed by atoms with Crippen molar-refractivity contribution in [2.24, 2.45) is 0 Å². The van der Waals surface area contributed by atoms with Crippen LogP contribution in [0.3, 0.4) is 0 Å². The number of aryl methyl sites for hydroxylation is 2. The van der Waals surface area contributed by atoms with Gasteiger partial charge in [-0.05, 0) is 13.8 Å². The summed E-state index contributed by atoms with van der Waals surface area (Å²) in [4.78, 5) is 0. The molecule has 27 heavy (non-hydrogen) atoms. The van der Waals surface area contributed by atoms with Crippen molar-refractivity contribution in [2.75, 3.05) is 0 Å². The van der Waals surface area contributed by atoms with Crippen LogP contribution >= 0.6 is 0 Å². The van der Waals surface area contributed by atoms with E-state index in [1.54, 1.807) is 38.1 Å². The number of rotatable bonds is 4. The third kappa shape index (κ3) is 6.84. The van der Waals surface area contributed by atoms with Gasteiger partial charge < -0.3 is 4.74 Å². The number of hydrogen-bond acceptors (Lipinski definition) is 1. The second-order valence-electron chi connectivity index (χ2n) is 5.93. The van der Waals surface area contributed by atoms with Crippen LogP contribution in [0, 0.1) is 13.8 Å². The van der Waals surface area contributed by atoms with E-state index in [1.807, 2.05) is 0 Å². The van der Waals surface area contributed by atoms with E-state index in [4.69, 9.17) is 4.74 Å². The van der Waals surface area contributed by atoms with Gasteiger partial charge in [-0.15, -0.1) is 0 Å². The van der Waals surface area contributed by atoms with E-state index >= 15 is 0 Å². The molecule has 0 fully saturated rings. The van der Waals surface area contributed by atoms with Crippen molar-refractivity contribution in [1.82, 2.24) is 0 Å². The van der Waals surface area contributed by atoms with Crippen LogP contribution in [-0.4, -0.2) is 12.4 Å². The Morgan fingerprint density at radius 2 is 0.926 bits per heavy atom. The van der Waals surface area contributed by atoms with Crippen LogP contribution in [0.25, 0.3) is 11.5 Å². The molecule has 0 saturated heterocycles. The molecule has 0 radical (unpaired) electrons. The van der Waals surface area contributed by atoms with Gasteiger partial charge in [0.05, 0.1) is 12.2 Å². The lowest BCUT2D eigenvalue weighted by atomic mass is 10.1. The fourth-order valence-electron chi connectivity index (χ4n) is 2.19. The molecule has 2 rings (SSSR count). The fraction of sp³-hybridized carbons (Fsp3) is 0.200. The second-order valence-corrected chi connectivity index (χ2v) is 5.93. The molecule has 0 amide bonds. The second kappa shape index (κ2) is 7.90. The molecular weight excluding hydrogens is 370 g/mol. The molecular formula is C20H16F6O. The highest BCUT2D eigenvalue weighted by Crippen LogP contribution is 2.32. The minimum Gasteiger partial charge on any atom is -0.456 e. The highest BCUT2D eigenvalue weighted by atomic mass is 19.4. The summed E-state index contributed by atoms with van der Waals surface area (Å²) in [5.41, 5.74) is 1.60. The first-order chi connectivity index (χ1) is 12.4. The van der Waals surface area contributed by atoms with Crippen molar-refractivity contribution in [1.29, 1.82) is 0 Å². The molecule has 144 valence electrons. The molecule has 0 saturated carbocycles. The number of hydrogen-bond donors (Lipinski definition) is 0. The molecule has 1 nitrogen and oxygen atoms in total. The van der Waals surface area contributed by atoms with Crippen LogP contribution in [-0.2, 0) is 4.74 Å². The molecule has 2 aromatic carbocycles. The smallest absolute Gasteiger partial charge is 0.413 e. The summed E-state index contributed by atoms with van der Waals surface area (Å²) in [6.07, 6.45) is -9.85. The molecule has 0 atom stereocenters. The Labute approximate surface area is 152 Å². The van der Waals surface area contributed by atoms with Gasteiger partial charge in [-0.2, -0.15) is 26.3 Å². The van der Waals surface area contributed by atoms with E-state index in [0.717, 1.165) is 11.1 Å². The van der Waals surface area contributed by atoms with Crippen molar-refractivity contribution in [2.45, 2.75) is 26.2 Å². The van der Waals surface area contributed by atoms with Gasteiger partial charge in [-0.3, -0.25) is 0 Å². The highest BCUT2D eigenvalue weighted by molar-refractivity contribution is 5.70. The average molecular weight is 386 g/mol. The zero-order valence-electron chi connectivity index (χ0n) is 14.4. The Bertz CT molecular complexity index is 753. The molecule has 0 aromatic heterocycles. The number of ether oxygens (including phenoxy) is 1. The summed E-state index contributed by atoms with van der Waals surface area (Å²) in [6.45, 7) is 3.47. The number of halogens is 6. The summed E-state index contributed by atoms with van der Waals surface area (Å²) in [6, 6.07) is 11.6. The Morgan fingerprint density at radius 3 is 1.19 bits per heavy atom. The van der Waals surface area contributed by atoms with Gasteiger partial charge in [-0.25, -0.2) is 0 Å². The highest BCUT2D eigenvalue weighted by Gasteiger charge is 2.29. The van der Waals surface area contributed by atoms with E-state index in [-0.39, 0.29) is 23.3 Å². The van der Waals surface area contributed by atoms with Crippen molar-refractivity contribution in [3.63, 3.8) is 0 Å². The minimum absolute atomic E-state index is 0.0121. The quantitative estimate of drug-likeness (QED) is 0.414. The number of allylic oxidation sites excluding steroid dienone is 2. The molecule has 0 N–H and O–H groups in total. The summed E-state index contributed by atoms with van der Waals surface area (Å²) in [5, 5.41) is 0. The lowest BCUT2D eigenvalue weighted by Crippen LogP contribution is -2.08. The standard InChI is InChI=1S/C20H16F6O/c1-13-3-7-15(8-4-13)17(11-19(21,22)23)27-18(12-20(24,25)26)16-9-5-14(2)6-10-16/h3-12H,1-2H3. The summed E-state index contributed by atoms with van der Waals surface area (Å²) < 4.78 is 82.6. The predicted molar refractivity (Wildman–Crippen MR) is 91.5 cm³/mol. The zero-order valence-corrected chi connectivity index (χ0v) is 14.4. The van der Waals surface area contributed by atoms with E-state index in [2.05, 4.69) is 0 Å². The molecule has 2 aromatic rings. The monoisotopic (exact) mass is 386 g/mol. The Hall–Kier alpha value is -2.70. The van der Waals surface area contributed by atoms with Crippen LogP contribution < -0.4 is 0 Å². The first-order valence-corrected chi connectivity index (χ1v) is 7.84. The van der Waals surface area contributed by atoms with Gasteiger partial charge in [0, 0.05) is 11.1 Å². The van der Waals surface area contributed by atoms with Crippen LogP contribution in [0.1, 0.15) is 22.3 Å². The van der Waals surface area contributed by atoms with Crippen molar-refractivity contribution >= 4 is 11.5 Å². The maximum absolute atomic E-state index is 12.9. The topological polar surface area (TPSA) is 9.23 Å². The van der Waals surface area contributed by atoms with Crippen LogP contribution in [0.5, 0.6) is 0 Å². The van der Waals surface area contributed by atoms with Gasteiger partial charge in [0.2, 0.25) is 0 Å². The van der Waals surface area contributed by atoms with Gasteiger partial charge in [-0.1, -0.05) is 59.7 Å². The third-order valence-corrected chi connectivity index (χ3v) is 3.48. The molecule has 0 aliphatic carbocycles. The lowest BCUT2D eigenvalue weighted by Gasteiger charge is -2.16. The third-order valence-electron chi connectivity index (χ3n) is 3.48. The lowest BCUT2D eigenvalue weighted by molar-refractivity contribution is -0.0803. The molecule has 0 heterocycles. The summed E-state index contributed by atoms with van der Waals surface area (Å²) in [5.74, 6) is -1.45. The first-order valence-electron chi connectivity index (χ1n) is 7.84. The van der Waals surface area contributed by atoms with Gasteiger partial charge in [0.1, 0.15) is 11.5 Å². The Morgan fingerprint density at radius 1 is 0.630 bits per heavy atom. The van der Waals surface area contributed by atoms with Crippen molar-refractivity contribution in [3.8, 4) is 0 Å². The molecule has 0 bridgehead atoms. The fourth-order valence-corrected chi connectivity index (χ4v) is 2.19. The maximum atomic E-state index is 12.9. The Balaban J connectivity index is 2.52. The first kappa shape index (κ1) is 20.6. The Kier molecular flexibility index (Phi) is 6.03. The molecule has 0 aliphatic rings. The van der Waals surface area contributed by atoms with Gasteiger partial charge in [0.25, 0.3) is 0 Å². The maximum Gasteiger partial charge on any atom is 0.413 e. The van der Waals surface area contributed by atoms with Crippen LogP contribution in [0.15, 0.2) is 60.7 Å². The van der Waals surface area contributed by atoms with Crippen molar-refractivity contribution < 1.29 is 31.1 Å². The number of benzene rings is 2. The SMILES string of the molecule is Cc1ccc(C(=CC(F)(F)F)OC(=CC(F)(F)F)c2ccc(C)cc2)cc1. The number of alkyl halides is 6. The van der Waals surface area contributed by atoms with E-state index in [0.29, 0.717) is 0 Å². The van der Waals surface area contributed by atoms with Crippen LogP contribution in [0.4, 0.5) is 26.3 Å². The van der Waals surface area contributed by atoms with Crippen molar-refractivity contribution in [3.05, 3.63) is 82.9 Å². The molecule has 0 unspecified atom stereocenters. The average Bonchev–Trinajstić information content (AvgIpc) is 2.52. The van der Waals surface area contributed by atoms with Gasteiger partial charge in [0.15, 0.2) is 0 Å². The van der Waals surface area contributed by atoms with E-state index in [9.17, 15) is 26.3 Å². The zero-order chi connectivity index (χ0) is 20.2. The van der Waals surface area contributed by atoms with E-state index in [1.165, 1.54) is 24.3 Å². The van der Waals surface area contributed by atoms with E-state index < -0.39 is 23.9 Å². The largest absolute Gasteiger partial charge is 0.456 e. The predicted octanol–water partition coefficient (Wildman–Crippen LogP) is 6.83.